The first-order valence-corrected chi connectivity index (χ1v) is 50.5. The molecule has 0 aliphatic carbocycles. The van der Waals surface area contributed by atoms with E-state index in [2.05, 4.69) is 385 Å². The zero-order valence-corrected chi connectivity index (χ0v) is 88.5. The van der Waals surface area contributed by atoms with Crippen LogP contribution in [0.25, 0.3) is 0 Å². The molecule has 0 aromatic rings. The predicted molar refractivity (Wildman–Crippen MR) is 516 cm³/mol. The lowest BCUT2D eigenvalue weighted by molar-refractivity contribution is -0.121. The van der Waals surface area contributed by atoms with Gasteiger partial charge in [0.2, 0.25) is 5.91 Å². The molecule has 0 aromatic heterocycles. The van der Waals surface area contributed by atoms with E-state index < -0.39 is 9.84 Å². The molecular formula is C102H206N2O5S4. The summed E-state index contributed by atoms with van der Waals surface area (Å²) in [6, 6.07) is 0. The van der Waals surface area contributed by atoms with Crippen molar-refractivity contribution in [2.45, 2.75) is 417 Å². The van der Waals surface area contributed by atoms with Gasteiger partial charge in [0.25, 0.3) is 0 Å². The van der Waals surface area contributed by atoms with E-state index in [1.54, 1.807) is 0 Å². The van der Waals surface area contributed by atoms with Crippen LogP contribution in [0.1, 0.15) is 417 Å². The third kappa shape index (κ3) is 26.2. The van der Waals surface area contributed by atoms with Gasteiger partial charge in [-0.3, -0.25) is 4.79 Å². The van der Waals surface area contributed by atoms with Crippen LogP contribution in [0.3, 0.4) is 0 Å². The van der Waals surface area contributed by atoms with Crippen LogP contribution in [0.5, 0.6) is 0 Å². The van der Waals surface area contributed by atoms with Gasteiger partial charge in [0.15, 0.2) is 9.84 Å². The zero-order valence-electron chi connectivity index (χ0n) is 85.2. The number of thioether (sulfide) groups is 3. The van der Waals surface area contributed by atoms with E-state index in [0.29, 0.717) is 115 Å². The number of hydrogen-bond acceptors (Lipinski definition) is 9. The van der Waals surface area contributed by atoms with Gasteiger partial charge >= 0.3 is 0 Å². The fraction of sp³-hybridized carbons (Fsp3) is 0.990. The molecule has 7 nitrogen and oxygen atoms in total. The molecule has 8 saturated heterocycles. The van der Waals surface area contributed by atoms with Crippen LogP contribution in [0.2, 0.25) is 0 Å². The lowest BCUT2D eigenvalue weighted by Gasteiger charge is -2.57. The Morgan fingerprint density at radius 3 is 0.761 bits per heavy atom. The summed E-state index contributed by atoms with van der Waals surface area (Å²) < 4.78 is 34.6. The predicted octanol–water partition coefficient (Wildman–Crippen LogP) is 30.6. The SMILES string of the molecule is C.CC(C)(C)C1(C(C)(C)C)CCCSC1.CC(C)(C)C1(C(C)(C)C)CCOC1.CC(C)(C)C1(C(C)(C)C)CCOCC1.CC(C)(C)C1(C(C)(C)C)CCS(=O)(=O)C1.CC(C)(C)C1(C(C)(C)C)CCSC1.CC(C)(C)C1(C(C)(C)C)CCSCC1.CC(C)(C)C1(C(C)(C)C)CNC(=O)C1.CN1CCC(C(C)(C)C)(C(C)(C)C)CC1. The van der Waals surface area contributed by atoms with Crippen molar-refractivity contribution >= 4 is 51.0 Å². The van der Waals surface area contributed by atoms with Gasteiger partial charge in [0, 0.05) is 43.6 Å². The second kappa shape index (κ2) is 38.9. The van der Waals surface area contributed by atoms with Crippen molar-refractivity contribution in [3.05, 3.63) is 0 Å². The Labute approximate surface area is 724 Å². The average Bonchev–Trinajstić information content (AvgIpc) is 1.29. The lowest BCUT2D eigenvalue weighted by atomic mass is 9.50. The average molecular weight is 1670 g/mol. The molecule has 0 bridgehead atoms. The number of nitrogens with one attached hydrogen (secondary N) is 1. The maximum absolute atomic E-state index is 11.7. The van der Waals surface area contributed by atoms with Crippen LogP contribution in [-0.4, -0.2) is 118 Å². The highest BCUT2D eigenvalue weighted by molar-refractivity contribution is 7.99. The van der Waals surface area contributed by atoms with E-state index in [0.717, 1.165) is 39.4 Å². The van der Waals surface area contributed by atoms with E-state index in [1.165, 1.54) is 112 Å². The summed E-state index contributed by atoms with van der Waals surface area (Å²) in [5.74, 6) is 9.05. The Morgan fingerprint density at radius 2 is 0.575 bits per heavy atom. The number of amides is 1. The number of carbonyl (C=O) groups excluding carboxylic acids is 1. The summed E-state index contributed by atoms with van der Waals surface area (Å²) in [5.41, 5.74) is 8.07. The number of carbonyl (C=O) groups is 1. The topological polar surface area (TPSA) is 84.9 Å². The summed E-state index contributed by atoms with van der Waals surface area (Å²) in [4.78, 5) is 13.9. The highest BCUT2D eigenvalue weighted by Gasteiger charge is 2.60. The monoisotopic (exact) mass is 1670 g/mol. The second-order valence-corrected chi connectivity index (χ2v) is 59.4. The maximum Gasteiger partial charge on any atom is 0.220 e. The van der Waals surface area contributed by atoms with E-state index in [1.807, 2.05) is 0 Å². The van der Waals surface area contributed by atoms with E-state index in [-0.39, 0.29) is 45.8 Å². The molecule has 113 heavy (non-hydrogen) atoms. The molecule has 0 aromatic carbocycles. The fourth-order valence-electron chi connectivity index (χ4n) is 25.2. The molecule has 8 fully saturated rings. The van der Waals surface area contributed by atoms with Gasteiger partial charge in [0.1, 0.15) is 0 Å². The van der Waals surface area contributed by atoms with Crippen molar-refractivity contribution in [3.63, 3.8) is 0 Å². The normalized spacial score (nSPS) is 23.5. The Morgan fingerprint density at radius 1 is 0.310 bits per heavy atom. The number of sulfone groups is 1. The van der Waals surface area contributed by atoms with Crippen LogP contribution < -0.4 is 5.32 Å². The van der Waals surface area contributed by atoms with Crippen molar-refractivity contribution in [3.8, 4) is 0 Å². The number of nitrogens with zero attached hydrogens (tertiary/aromatic N) is 1. The number of likely N-dealkylation sites (tertiary alicyclic amines) is 1. The van der Waals surface area contributed by atoms with Gasteiger partial charge in [-0.15, -0.1) is 0 Å². The Balaban J connectivity index is 0.00000127. The Kier molecular flexibility index (Phi) is 39.0. The molecule has 0 atom stereocenters. The van der Waals surface area contributed by atoms with Crippen molar-refractivity contribution in [2.24, 2.45) is 130 Å². The van der Waals surface area contributed by atoms with Crippen LogP contribution in [-0.2, 0) is 24.1 Å². The molecule has 11 heteroatoms. The number of ether oxygens (including phenoxy) is 2. The molecule has 8 heterocycles. The third-order valence-corrected chi connectivity index (χ3v) is 38.4. The van der Waals surface area contributed by atoms with Gasteiger partial charge in [-0.25, -0.2) is 8.42 Å². The number of rotatable bonds is 0. The quantitative estimate of drug-likeness (QED) is 0.255. The van der Waals surface area contributed by atoms with Gasteiger partial charge < -0.3 is 19.7 Å². The second-order valence-electron chi connectivity index (χ2n) is 53.7. The van der Waals surface area contributed by atoms with Crippen LogP contribution in [0.15, 0.2) is 0 Å². The minimum atomic E-state index is -2.82. The summed E-state index contributed by atoms with van der Waals surface area (Å²) >= 11 is 6.42. The minimum absolute atomic E-state index is 0. The van der Waals surface area contributed by atoms with E-state index >= 15 is 0 Å². The molecule has 8 aliphatic rings. The first-order valence-electron chi connectivity index (χ1n) is 45.2. The first kappa shape index (κ1) is 113. The smallest absolute Gasteiger partial charge is 0.220 e. The fourth-order valence-corrected chi connectivity index (χ4v) is 32.8. The van der Waals surface area contributed by atoms with Gasteiger partial charge in [-0.2, -0.15) is 35.3 Å². The third-order valence-electron chi connectivity index (χ3n) is 33.1. The van der Waals surface area contributed by atoms with Crippen LogP contribution >= 0.6 is 35.3 Å². The summed E-state index contributed by atoms with van der Waals surface area (Å²) in [6.07, 6.45) is 14.8. The van der Waals surface area contributed by atoms with Crippen molar-refractivity contribution in [2.75, 3.05) is 99.1 Å². The molecular weight excluding hydrogens is 1460 g/mol. The molecule has 1 N–H and O–H groups in total. The highest BCUT2D eigenvalue weighted by atomic mass is 32.2. The molecule has 1 amide bonds. The van der Waals surface area contributed by atoms with Gasteiger partial charge in [0.05, 0.1) is 18.1 Å². The summed E-state index contributed by atoms with van der Waals surface area (Å²) in [5, 5.41) is 2.98. The van der Waals surface area contributed by atoms with Crippen molar-refractivity contribution in [1.82, 2.24) is 10.2 Å². The van der Waals surface area contributed by atoms with Gasteiger partial charge in [-0.1, -0.05) is 340 Å². The number of piperidine rings is 1. The molecule has 8 aliphatic heterocycles. The standard InChI is InChI=1S/C14H29N.C13H26O.2C13H26S.C12H23NO.C12H24O2S.C12H24O.C12H24S.CH4/c1-12(2,3)14(13(4,5)6)8-10-15(7)11-9-14;2*1-11(2,3)13(12(4,5)6)7-9-14-10-8-13;1-11(2,3)13(12(4,5)6)8-7-9-14-10-13;1-10(2,3)12(11(4,5)6)7-9(14)13-8-12;1-10(2,3)12(11(4,5)6)7-8-15(13,14)9-12;2*1-10(2,3)12(11(4,5)6)7-8-13-9-12;/h8-11H2,1-7H3;3*7-10H2,1-6H3;7-8H2,1-6H3,(H,13,14);7-9H2,1-6H3;2*7-9H2,1-6H3;1H4. The largest absolute Gasteiger partial charge is 0.381 e. The Bertz CT molecular complexity index is 2630. The van der Waals surface area contributed by atoms with Crippen LogP contribution in [0.4, 0.5) is 0 Å². The van der Waals surface area contributed by atoms with Gasteiger partial charge in [-0.05, 0) is 244 Å². The van der Waals surface area contributed by atoms with Crippen LogP contribution in [0, 0.1) is 130 Å². The maximum atomic E-state index is 11.7. The number of hydrogen-bond donors (Lipinski definition) is 1. The van der Waals surface area contributed by atoms with Crippen molar-refractivity contribution < 1.29 is 22.7 Å². The molecule has 0 radical (unpaired) electrons. The zero-order chi connectivity index (χ0) is 89.0. The molecule has 8 rings (SSSR count). The van der Waals surface area contributed by atoms with E-state index in [4.69, 9.17) is 9.47 Å². The summed E-state index contributed by atoms with van der Waals surface area (Å²) in [6.45, 7) is 120. The molecule has 0 saturated carbocycles. The highest BCUT2D eigenvalue weighted by Crippen LogP contribution is 2.65. The van der Waals surface area contributed by atoms with E-state index in [9.17, 15) is 13.2 Å². The molecule has 0 unspecified atom stereocenters. The Hall–Kier alpha value is 0.350. The lowest BCUT2D eigenvalue weighted by Crippen LogP contribution is -2.52. The minimum Gasteiger partial charge on any atom is -0.381 e. The molecule has 678 valence electrons. The first-order chi connectivity index (χ1) is 49.2. The summed E-state index contributed by atoms with van der Waals surface area (Å²) in [7, 11) is -0.575. The van der Waals surface area contributed by atoms with Crippen molar-refractivity contribution in [1.29, 1.82) is 0 Å². The molecule has 0 spiro atoms.